The van der Waals surface area contributed by atoms with Crippen molar-refractivity contribution in [2.75, 3.05) is 19.5 Å². The summed E-state index contributed by atoms with van der Waals surface area (Å²) < 4.78 is 5.15. The van der Waals surface area contributed by atoms with Crippen molar-refractivity contribution in [3.05, 3.63) is 22.7 Å². The molecule has 0 fully saturated rings. The number of amides is 1. The second kappa shape index (κ2) is 6.41. The van der Waals surface area contributed by atoms with Crippen molar-refractivity contribution >= 4 is 33.1 Å². The van der Waals surface area contributed by atoms with E-state index in [4.69, 9.17) is 10.5 Å². The molecule has 6 heteroatoms. The van der Waals surface area contributed by atoms with Crippen molar-refractivity contribution in [1.29, 1.82) is 0 Å². The van der Waals surface area contributed by atoms with Crippen LogP contribution < -0.4 is 11.1 Å². The zero-order valence-electron chi connectivity index (χ0n) is 12.8. The van der Waals surface area contributed by atoms with E-state index in [2.05, 4.69) is 10.3 Å². The Balaban J connectivity index is 2.28. The SMILES string of the molecule is COCC(NC(=O)c1sc2nc(C)ccc2c1N)C(C)C. The number of hydrogen-bond donors (Lipinski definition) is 2. The fourth-order valence-electron chi connectivity index (χ4n) is 2.07. The van der Waals surface area contributed by atoms with Gasteiger partial charge < -0.3 is 15.8 Å². The van der Waals surface area contributed by atoms with Crippen LogP contribution in [0.4, 0.5) is 5.69 Å². The molecule has 2 heterocycles. The van der Waals surface area contributed by atoms with Crippen molar-refractivity contribution in [1.82, 2.24) is 10.3 Å². The molecule has 0 radical (unpaired) electrons. The first-order chi connectivity index (χ1) is 9.93. The fourth-order valence-corrected chi connectivity index (χ4v) is 3.12. The lowest BCUT2D eigenvalue weighted by Gasteiger charge is -2.21. The lowest BCUT2D eigenvalue weighted by molar-refractivity contribution is 0.0871. The highest BCUT2D eigenvalue weighted by atomic mass is 32.1. The molecule has 0 aliphatic carbocycles. The van der Waals surface area contributed by atoms with Gasteiger partial charge in [-0.15, -0.1) is 11.3 Å². The molecule has 2 rings (SSSR count). The van der Waals surface area contributed by atoms with E-state index < -0.39 is 0 Å². The van der Waals surface area contributed by atoms with E-state index in [0.29, 0.717) is 17.2 Å². The Morgan fingerprint density at radius 1 is 1.48 bits per heavy atom. The number of thiophene rings is 1. The van der Waals surface area contributed by atoms with Gasteiger partial charge in [-0.2, -0.15) is 0 Å². The number of nitrogen functional groups attached to an aromatic ring is 1. The quantitative estimate of drug-likeness (QED) is 0.890. The van der Waals surface area contributed by atoms with Gasteiger partial charge in [0.1, 0.15) is 9.71 Å². The Morgan fingerprint density at radius 3 is 2.81 bits per heavy atom. The van der Waals surface area contributed by atoms with Crippen LogP contribution in [-0.2, 0) is 4.74 Å². The minimum atomic E-state index is -0.163. The number of hydrogen-bond acceptors (Lipinski definition) is 5. The number of nitrogens with two attached hydrogens (primary N) is 1. The van der Waals surface area contributed by atoms with E-state index in [-0.39, 0.29) is 17.9 Å². The van der Waals surface area contributed by atoms with Gasteiger partial charge in [-0.3, -0.25) is 4.79 Å². The molecule has 2 aromatic heterocycles. The number of aromatic nitrogens is 1. The monoisotopic (exact) mass is 307 g/mol. The molecule has 114 valence electrons. The molecule has 0 aromatic carbocycles. The second-order valence-corrected chi connectivity index (χ2v) is 6.43. The fraction of sp³-hybridized carbons (Fsp3) is 0.467. The third-order valence-corrected chi connectivity index (χ3v) is 4.52. The molecule has 0 bridgehead atoms. The summed E-state index contributed by atoms with van der Waals surface area (Å²) in [5.74, 6) is 0.119. The first-order valence-corrected chi connectivity index (χ1v) is 7.71. The summed E-state index contributed by atoms with van der Waals surface area (Å²) in [6, 6.07) is 3.77. The molecule has 0 saturated heterocycles. The highest BCUT2D eigenvalue weighted by Gasteiger charge is 2.21. The number of fused-ring (bicyclic) bond motifs is 1. The Morgan fingerprint density at radius 2 is 2.19 bits per heavy atom. The number of carbonyl (C=O) groups excluding carboxylic acids is 1. The van der Waals surface area contributed by atoms with Gasteiger partial charge in [0.15, 0.2) is 0 Å². The molecule has 0 aliphatic rings. The van der Waals surface area contributed by atoms with Crippen molar-refractivity contribution in [3.63, 3.8) is 0 Å². The molecule has 5 nitrogen and oxygen atoms in total. The molecular formula is C15H21N3O2S. The number of pyridine rings is 1. The Labute approximate surface area is 128 Å². The summed E-state index contributed by atoms with van der Waals surface area (Å²) in [6.45, 7) is 6.49. The van der Waals surface area contributed by atoms with Gasteiger partial charge in [-0.25, -0.2) is 4.98 Å². The van der Waals surface area contributed by atoms with E-state index in [1.165, 1.54) is 11.3 Å². The number of aryl methyl sites for hydroxylation is 1. The van der Waals surface area contributed by atoms with Crippen molar-refractivity contribution in [3.8, 4) is 0 Å². The third kappa shape index (κ3) is 3.33. The van der Waals surface area contributed by atoms with Crippen LogP contribution in [0.3, 0.4) is 0 Å². The van der Waals surface area contributed by atoms with E-state index >= 15 is 0 Å². The standard InChI is InChI=1S/C15H21N3O2S/c1-8(2)11(7-20-4)18-14(19)13-12(16)10-6-5-9(3)17-15(10)21-13/h5-6,8,11H,7,16H2,1-4H3,(H,18,19). The van der Waals surface area contributed by atoms with Crippen LogP contribution in [0.1, 0.15) is 29.2 Å². The third-order valence-electron chi connectivity index (χ3n) is 3.41. The smallest absolute Gasteiger partial charge is 0.263 e. The number of anilines is 1. The van der Waals surface area contributed by atoms with Crippen molar-refractivity contribution in [2.24, 2.45) is 5.92 Å². The van der Waals surface area contributed by atoms with Gasteiger partial charge >= 0.3 is 0 Å². The highest BCUT2D eigenvalue weighted by molar-refractivity contribution is 7.21. The zero-order valence-corrected chi connectivity index (χ0v) is 13.6. The number of ether oxygens (including phenoxy) is 1. The lowest BCUT2D eigenvalue weighted by Crippen LogP contribution is -2.41. The largest absolute Gasteiger partial charge is 0.397 e. The van der Waals surface area contributed by atoms with Gasteiger partial charge in [-0.05, 0) is 25.0 Å². The molecule has 1 amide bonds. The molecule has 0 spiro atoms. The second-order valence-electron chi connectivity index (χ2n) is 5.43. The minimum absolute atomic E-state index is 0.0400. The summed E-state index contributed by atoms with van der Waals surface area (Å²) in [7, 11) is 1.63. The normalized spacial score (nSPS) is 12.8. The van der Waals surface area contributed by atoms with Gasteiger partial charge in [0.2, 0.25) is 0 Å². The number of nitrogens with one attached hydrogen (secondary N) is 1. The van der Waals surface area contributed by atoms with Gasteiger partial charge in [0, 0.05) is 18.2 Å². The van der Waals surface area contributed by atoms with Crippen LogP contribution in [0.5, 0.6) is 0 Å². The topological polar surface area (TPSA) is 77.2 Å². The van der Waals surface area contributed by atoms with Crippen LogP contribution in [0, 0.1) is 12.8 Å². The number of carbonyl (C=O) groups is 1. The maximum Gasteiger partial charge on any atom is 0.263 e. The van der Waals surface area contributed by atoms with Crippen LogP contribution in [0.2, 0.25) is 0 Å². The number of rotatable bonds is 5. The first kappa shape index (κ1) is 15.7. The highest BCUT2D eigenvalue weighted by Crippen LogP contribution is 2.32. The molecular weight excluding hydrogens is 286 g/mol. The van der Waals surface area contributed by atoms with Crippen molar-refractivity contribution in [2.45, 2.75) is 26.8 Å². The summed E-state index contributed by atoms with van der Waals surface area (Å²) in [6.07, 6.45) is 0. The molecule has 1 atom stereocenters. The predicted molar refractivity (Wildman–Crippen MR) is 86.7 cm³/mol. The maximum absolute atomic E-state index is 12.4. The molecule has 0 saturated carbocycles. The van der Waals surface area contributed by atoms with Crippen molar-refractivity contribution < 1.29 is 9.53 Å². The summed E-state index contributed by atoms with van der Waals surface area (Å²) in [4.78, 5) is 18.2. The molecule has 2 aromatic rings. The van der Waals surface area contributed by atoms with E-state index in [9.17, 15) is 4.79 Å². The number of nitrogens with zero attached hydrogens (tertiary/aromatic N) is 1. The minimum Gasteiger partial charge on any atom is -0.397 e. The lowest BCUT2D eigenvalue weighted by atomic mass is 10.1. The van der Waals surface area contributed by atoms with Crippen LogP contribution in [0.15, 0.2) is 12.1 Å². The maximum atomic E-state index is 12.4. The van der Waals surface area contributed by atoms with Crippen LogP contribution >= 0.6 is 11.3 Å². The average Bonchev–Trinajstić information content (AvgIpc) is 2.74. The summed E-state index contributed by atoms with van der Waals surface area (Å²) >= 11 is 1.33. The van der Waals surface area contributed by atoms with Gasteiger partial charge in [0.25, 0.3) is 5.91 Å². The van der Waals surface area contributed by atoms with Gasteiger partial charge in [0.05, 0.1) is 18.3 Å². The summed E-state index contributed by atoms with van der Waals surface area (Å²) in [5.41, 5.74) is 7.51. The molecule has 3 N–H and O–H groups in total. The van der Waals surface area contributed by atoms with E-state index in [1.807, 2.05) is 32.9 Å². The molecule has 21 heavy (non-hydrogen) atoms. The van der Waals surface area contributed by atoms with Gasteiger partial charge in [-0.1, -0.05) is 13.8 Å². The van der Waals surface area contributed by atoms with E-state index in [0.717, 1.165) is 15.9 Å². The van der Waals surface area contributed by atoms with Crippen LogP contribution in [0.25, 0.3) is 10.2 Å². The average molecular weight is 307 g/mol. The first-order valence-electron chi connectivity index (χ1n) is 6.89. The molecule has 1 unspecified atom stereocenters. The zero-order chi connectivity index (χ0) is 15.6. The summed E-state index contributed by atoms with van der Waals surface area (Å²) in [5, 5.41) is 3.83. The Kier molecular flexibility index (Phi) is 4.80. The molecule has 0 aliphatic heterocycles. The Bertz CT molecular complexity index is 652. The van der Waals surface area contributed by atoms with Crippen LogP contribution in [-0.4, -0.2) is 30.6 Å². The Hall–Kier alpha value is -1.66. The predicted octanol–water partition coefficient (Wildman–Crippen LogP) is 2.59. The van der Waals surface area contributed by atoms with E-state index in [1.54, 1.807) is 7.11 Å². The number of methoxy groups -OCH3 is 1.